The average molecular weight is 404 g/mol. The second kappa shape index (κ2) is 7.25. The van der Waals surface area contributed by atoms with Gasteiger partial charge < -0.3 is 15.5 Å². The smallest absolute Gasteiger partial charge is 0.255 e. The number of carbonyl (C=O) groups is 3. The van der Waals surface area contributed by atoms with Gasteiger partial charge in [0, 0.05) is 43.3 Å². The second-order valence-electron chi connectivity index (χ2n) is 8.32. The standard InChI is InChI=1S/C23H24N4O3/c24-16-10-14-4-1-2-7-19(14)26(12-16)11-15-5-3-6-17-18(15)13-27(23(17)30)20-8-9-21(28)25-22(20)29/h1-7,16,20H,8-13,24H2,(H,25,28,29). The fourth-order valence-corrected chi connectivity index (χ4v) is 4.87. The minimum atomic E-state index is -0.598. The van der Waals surface area contributed by atoms with Crippen molar-refractivity contribution in [2.45, 2.75) is 44.4 Å². The zero-order valence-electron chi connectivity index (χ0n) is 16.6. The Morgan fingerprint density at radius 3 is 2.73 bits per heavy atom. The van der Waals surface area contributed by atoms with Crippen LogP contribution in [0.4, 0.5) is 5.69 Å². The first-order chi connectivity index (χ1) is 14.5. The molecule has 1 fully saturated rings. The second-order valence-corrected chi connectivity index (χ2v) is 8.32. The van der Waals surface area contributed by atoms with E-state index in [2.05, 4.69) is 22.3 Å². The minimum Gasteiger partial charge on any atom is -0.365 e. The van der Waals surface area contributed by atoms with Gasteiger partial charge in [0.05, 0.1) is 0 Å². The summed E-state index contributed by atoms with van der Waals surface area (Å²) in [6, 6.07) is 13.5. The van der Waals surface area contributed by atoms with Gasteiger partial charge in [-0.05, 0) is 41.7 Å². The van der Waals surface area contributed by atoms with Crippen LogP contribution in [0.2, 0.25) is 0 Å². The van der Waals surface area contributed by atoms with E-state index in [-0.39, 0.29) is 30.2 Å². The number of nitrogens with two attached hydrogens (primary N) is 1. The van der Waals surface area contributed by atoms with E-state index in [0.717, 1.165) is 24.1 Å². The molecule has 2 aromatic rings. The van der Waals surface area contributed by atoms with Gasteiger partial charge in [0.1, 0.15) is 6.04 Å². The van der Waals surface area contributed by atoms with Gasteiger partial charge in [-0.1, -0.05) is 30.3 Å². The molecular weight excluding hydrogens is 380 g/mol. The molecular formula is C23H24N4O3. The highest BCUT2D eigenvalue weighted by Gasteiger charge is 2.40. The third kappa shape index (κ3) is 3.15. The number of rotatable bonds is 3. The molecule has 3 heterocycles. The van der Waals surface area contributed by atoms with Crippen LogP contribution in [0.15, 0.2) is 42.5 Å². The van der Waals surface area contributed by atoms with Crippen molar-refractivity contribution in [2.75, 3.05) is 11.4 Å². The lowest BCUT2D eigenvalue weighted by atomic mass is 9.96. The van der Waals surface area contributed by atoms with Crippen LogP contribution in [0.5, 0.6) is 0 Å². The van der Waals surface area contributed by atoms with E-state index in [0.29, 0.717) is 25.1 Å². The van der Waals surface area contributed by atoms with Crippen molar-refractivity contribution in [3.8, 4) is 0 Å². The predicted octanol–water partition coefficient (Wildman–Crippen LogP) is 1.34. The molecule has 0 spiro atoms. The number of para-hydroxylation sites is 1. The van der Waals surface area contributed by atoms with Crippen molar-refractivity contribution in [3.63, 3.8) is 0 Å². The van der Waals surface area contributed by atoms with Crippen LogP contribution < -0.4 is 16.0 Å². The van der Waals surface area contributed by atoms with E-state index in [1.54, 1.807) is 4.90 Å². The number of nitrogens with zero attached hydrogens (tertiary/aromatic N) is 2. The lowest BCUT2D eigenvalue weighted by Crippen LogP contribution is -2.52. The molecule has 7 nitrogen and oxygen atoms in total. The van der Waals surface area contributed by atoms with E-state index in [1.165, 1.54) is 11.3 Å². The van der Waals surface area contributed by atoms with Crippen molar-refractivity contribution in [3.05, 3.63) is 64.7 Å². The average Bonchev–Trinajstić information content (AvgIpc) is 3.05. The maximum atomic E-state index is 13.0. The van der Waals surface area contributed by atoms with Gasteiger partial charge in [0.25, 0.3) is 5.91 Å². The first-order valence-electron chi connectivity index (χ1n) is 10.3. The molecule has 0 aliphatic carbocycles. The van der Waals surface area contributed by atoms with Gasteiger partial charge in [0.15, 0.2) is 0 Å². The normalized spacial score (nSPS) is 23.3. The highest BCUT2D eigenvalue weighted by Crippen LogP contribution is 2.33. The molecule has 0 radical (unpaired) electrons. The van der Waals surface area contributed by atoms with Gasteiger partial charge in [-0.15, -0.1) is 0 Å². The van der Waals surface area contributed by atoms with Crippen LogP contribution in [0.1, 0.15) is 39.9 Å². The molecule has 0 aromatic heterocycles. The van der Waals surface area contributed by atoms with Crippen LogP contribution in [-0.2, 0) is 29.1 Å². The molecule has 0 saturated carbocycles. The van der Waals surface area contributed by atoms with Crippen molar-refractivity contribution < 1.29 is 14.4 Å². The topological polar surface area (TPSA) is 95.7 Å². The minimum absolute atomic E-state index is 0.0678. The van der Waals surface area contributed by atoms with Crippen molar-refractivity contribution in [1.29, 1.82) is 0 Å². The Morgan fingerprint density at radius 1 is 1.07 bits per heavy atom. The summed E-state index contributed by atoms with van der Waals surface area (Å²) in [5.41, 5.74) is 11.4. The maximum Gasteiger partial charge on any atom is 0.255 e. The van der Waals surface area contributed by atoms with Crippen LogP contribution >= 0.6 is 0 Å². The van der Waals surface area contributed by atoms with Crippen LogP contribution in [0.3, 0.4) is 0 Å². The number of anilines is 1. The summed E-state index contributed by atoms with van der Waals surface area (Å²) < 4.78 is 0. The lowest BCUT2D eigenvalue weighted by Gasteiger charge is -2.35. The van der Waals surface area contributed by atoms with Gasteiger partial charge in [0.2, 0.25) is 11.8 Å². The Labute approximate surface area is 174 Å². The van der Waals surface area contributed by atoms with Crippen molar-refractivity contribution in [1.82, 2.24) is 10.2 Å². The molecule has 0 bridgehead atoms. The van der Waals surface area contributed by atoms with E-state index in [4.69, 9.17) is 5.73 Å². The number of benzene rings is 2. The van der Waals surface area contributed by atoms with E-state index >= 15 is 0 Å². The zero-order chi connectivity index (χ0) is 20.8. The Balaban J connectivity index is 1.43. The van der Waals surface area contributed by atoms with E-state index in [9.17, 15) is 14.4 Å². The van der Waals surface area contributed by atoms with Gasteiger partial charge in [-0.3, -0.25) is 19.7 Å². The highest BCUT2D eigenvalue weighted by molar-refractivity contribution is 6.05. The molecule has 3 aliphatic rings. The van der Waals surface area contributed by atoms with Crippen LogP contribution in [0.25, 0.3) is 0 Å². The largest absolute Gasteiger partial charge is 0.365 e. The Bertz CT molecular complexity index is 1050. The number of imide groups is 1. The summed E-state index contributed by atoms with van der Waals surface area (Å²) in [6.45, 7) is 1.80. The molecule has 30 heavy (non-hydrogen) atoms. The fraction of sp³-hybridized carbons (Fsp3) is 0.348. The molecule has 1 saturated heterocycles. The monoisotopic (exact) mass is 404 g/mol. The molecule has 3 amide bonds. The number of nitrogens with one attached hydrogen (secondary N) is 1. The van der Waals surface area contributed by atoms with Crippen molar-refractivity contribution >= 4 is 23.4 Å². The number of amides is 3. The van der Waals surface area contributed by atoms with E-state index in [1.807, 2.05) is 30.3 Å². The molecule has 154 valence electrons. The summed E-state index contributed by atoms with van der Waals surface area (Å²) in [5.74, 6) is -0.803. The number of carbonyl (C=O) groups excluding carboxylic acids is 3. The summed E-state index contributed by atoms with van der Waals surface area (Å²) in [7, 11) is 0. The van der Waals surface area contributed by atoms with Crippen molar-refractivity contribution in [2.24, 2.45) is 5.73 Å². The first kappa shape index (κ1) is 18.8. The van der Waals surface area contributed by atoms with Crippen LogP contribution in [-0.4, -0.2) is 41.2 Å². The highest BCUT2D eigenvalue weighted by atomic mass is 16.2. The summed E-state index contributed by atoms with van der Waals surface area (Å²) in [5, 5.41) is 2.36. The van der Waals surface area contributed by atoms with Gasteiger partial charge >= 0.3 is 0 Å². The number of fused-ring (bicyclic) bond motifs is 2. The molecule has 5 rings (SSSR count). The lowest BCUT2D eigenvalue weighted by molar-refractivity contribution is -0.136. The van der Waals surface area contributed by atoms with Gasteiger partial charge in [-0.25, -0.2) is 0 Å². The van der Waals surface area contributed by atoms with Gasteiger partial charge in [-0.2, -0.15) is 0 Å². The quantitative estimate of drug-likeness (QED) is 0.753. The molecule has 2 aromatic carbocycles. The molecule has 3 aliphatic heterocycles. The third-order valence-corrected chi connectivity index (χ3v) is 6.31. The Morgan fingerprint density at radius 2 is 1.90 bits per heavy atom. The predicted molar refractivity (Wildman–Crippen MR) is 112 cm³/mol. The molecule has 2 unspecified atom stereocenters. The summed E-state index contributed by atoms with van der Waals surface area (Å²) >= 11 is 0. The molecule has 2 atom stereocenters. The zero-order valence-corrected chi connectivity index (χ0v) is 16.6. The number of hydrogen-bond acceptors (Lipinski definition) is 5. The number of piperidine rings is 1. The Hall–Kier alpha value is -3.19. The number of hydrogen-bond donors (Lipinski definition) is 2. The first-order valence-corrected chi connectivity index (χ1v) is 10.3. The third-order valence-electron chi connectivity index (χ3n) is 6.31. The molecule has 7 heteroatoms. The fourth-order valence-electron chi connectivity index (χ4n) is 4.87. The summed E-state index contributed by atoms with van der Waals surface area (Å²) in [6.07, 6.45) is 1.49. The maximum absolute atomic E-state index is 13.0. The molecule has 3 N–H and O–H groups in total. The van der Waals surface area contributed by atoms with Crippen LogP contribution in [0, 0.1) is 0 Å². The summed E-state index contributed by atoms with van der Waals surface area (Å²) in [4.78, 5) is 40.7. The van der Waals surface area contributed by atoms with E-state index < -0.39 is 6.04 Å². The SMILES string of the molecule is NC1Cc2ccccc2N(Cc2cccc3c2CN(C2CCC(=O)NC2=O)C3=O)C1. The Kier molecular flexibility index (Phi) is 4.55.